The van der Waals surface area contributed by atoms with Crippen LogP contribution in [0.3, 0.4) is 0 Å². The topological polar surface area (TPSA) is 62.6 Å². The molecule has 0 saturated carbocycles. The van der Waals surface area contributed by atoms with Crippen LogP contribution in [0.5, 0.6) is 0 Å². The van der Waals surface area contributed by atoms with Gasteiger partial charge in [0.15, 0.2) is 6.04 Å². The predicted molar refractivity (Wildman–Crippen MR) is 62.1 cm³/mol. The van der Waals surface area contributed by atoms with E-state index < -0.39 is 23.5 Å². The molecule has 1 fully saturated rings. The molecule has 0 aromatic rings. The molecule has 5 heteroatoms. The highest BCUT2D eigenvalue weighted by Gasteiger charge is 2.49. The Labute approximate surface area is 102 Å². The molecule has 2 atom stereocenters. The van der Waals surface area contributed by atoms with Crippen LogP contribution < -0.4 is 0 Å². The molecular weight excluding hydrogens is 220 g/mol. The third-order valence-electron chi connectivity index (χ3n) is 2.50. The molecule has 1 aliphatic heterocycles. The van der Waals surface area contributed by atoms with Gasteiger partial charge in [-0.2, -0.15) is 5.26 Å². The van der Waals surface area contributed by atoms with Gasteiger partial charge in [0.05, 0.1) is 12.2 Å². The van der Waals surface area contributed by atoms with Gasteiger partial charge in [-0.1, -0.05) is 0 Å². The average molecular weight is 240 g/mol. The molecule has 0 aliphatic carbocycles. The number of amides is 1. The van der Waals surface area contributed by atoms with Crippen molar-refractivity contribution in [3.63, 3.8) is 0 Å². The monoisotopic (exact) mass is 240 g/mol. The maximum absolute atomic E-state index is 12.1. The second-order valence-corrected chi connectivity index (χ2v) is 5.69. The molecule has 2 unspecified atom stereocenters. The van der Waals surface area contributed by atoms with Crippen LogP contribution in [-0.2, 0) is 9.47 Å². The first-order chi connectivity index (χ1) is 7.58. The summed E-state index contributed by atoms with van der Waals surface area (Å²) in [4.78, 5) is 13.4. The highest BCUT2D eigenvalue weighted by atomic mass is 16.6. The zero-order chi connectivity index (χ0) is 13.4. The summed E-state index contributed by atoms with van der Waals surface area (Å²) >= 11 is 0. The highest BCUT2D eigenvalue weighted by Crippen LogP contribution is 2.33. The minimum Gasteiger partial charge on any atom is -0.444 e. The Balaban J connectivity index is 2.94. The second kappa shape index (κ2) is 4.19. The zero-order valence-electron chi connectivity index (χ0n) is 11.3. The van der Waals surface area contributed by atoms with Gasteiger partial charge in [0, 0.05) is 0 Å². The molecule has 1 heterocycles. The van der Waals surface area contributed by atoms with Crippen molar-refractivity contribution in [2.45, 2.75) is 65.0 Å². The average Bonchev–Trinajstić information content (AvgIpc) is 2.31. The predicted octanol–water partition coefficient (Wildman–Crippen LogP) is 2.27. The quantitative estimate of drug-likeness (QED) is 0.651. The van der Waals surface area contributed by atoms with Crippen LogP contribution in [0.2, 0.25) is 0 Å². The fourth-order valence-electron chi connectivity index (χ4n) is 1.93. The Morgan fingerprint density at radius 1 is 1.47 bits per heavy atom. The number of nitrogens with zero attached hydrogens (tertiary/aromatic N) is 2. The molecule has 96 valence electrons. The standard InChI is InChI=1S/C12H20N2O3/c1-8-9(7-13)14(12(5,6)16-8)10(15)17-11(2,3)4/h8-9H,1-6H3. The first-order valence-electron chi connectivity index (χ1n) is 5.68. The van der Waals surface area contributed by atoms with E-state index in [1.165, 1.54) is 4.90 Å². The number of ether oxygens (including phenoxy) is 2. The molecule has 0 aromatic heterocycles. The van der Waals surface area contributed by atoms with E-state index in [4.69, 9.17) is 14.7 Å². The van der Waals surface area contributed by atoms with Crippen LogP contribution in [0.4, 0.5) is 4.79 Å². The lowest BCUT2D eigenvalue weighted by Gasteiger charge is -2.33. The molecular formula is C12H20N2O3. The molecule has 1 saturated heterocycles. The van der Waals surface area contributed by atoms with Gasteiger partial charge in [-0.3, -0.25) is 4.90 Å². The number of rotatable bonds is 0. The molecule has 1 rings (SSSR count). The van der Waals surface area contributed by atoms with E-state index >= 15 is 0 Å². The van der Waals surface area contributed by atoms with Crippen molar-refractivity contribution in [1.82, 2.24) is 4.90 Å². The summed E-state index contributed by atoms with van der Waals surface area (Å²) in [5.74, 6) is 0. The molecule has 0 spiro atoms. The molecule has 0 aromatic carbocycles. The van der Waals surface area contributed by atoms with E-state index in [0.717, 1.165) is 0 Å². The van der Waals surface area contributed by atoms with Crippen molar-refractivity contribution in [3.8, 4) is 6.07 Å². The number of carbonyl (C=O) groups is 1. The first kappa shape index (κ1) is 13.8. The second-order valence-electron chi connectivity index (χ2n) is 5.69. The summed E-state index contributed by atoms with van der Waals surface area (Å²) in [6.45, 7) is 10.7. The maximum Gasteiger partial charge on any atom is 0.413 e. The van der Waals surface area contributed by atoms with Crippen LogP contribution in [0.15, 0.2) is 0 Å². The highest BCUT2D eigenvalue weighted by molar-refractivity contribution is 5.70. The van der Waals surface area contributed by atoms with Gasteiger partial charge in [-0.15, -0.1) is 0 Å². The zero-order valence-corrected chi connectivity index (χ0v) is 11.3. The van der Waals surface area contributed by atoms with Crippen LogP contribution in [0, 0.1) is 11.3 Å². The first-order valence-corrected chi connectivity index (χ1v) is 5.68. The largest absolute Gasteiger partial charge is 0.444 e. The minimum atomic E-state index is -0.817. The SMILES string of the molecule is CC1OC(C)(C)N(C(=O)OC(C)(C)C)C1C#N. The molecule has 5 nitrogen and oxygen atoms in total. The van der Waals surface area contributed by atoms with Gasteiger partial charge < -0.3 is 9.47 Å². The van der Waals surface area contributed by atoms with Gasteiger partial charge in [0.2, 0.25) is 0 Å². The lowest BCUT2D eigenvalue weighted by Crippen LogP contribution is -2.49. The summed E-state index contributed by atoms with van der Waals surface area (Å²) in [5.41, 5.74) is -1.40. The van der Waals surface area contributed by atoms with Gasteiger partial charge >= 0.3 is 6.09 Å². The molecule has 0 radical (unpaired) electrons. The number of hydrogen-bond acceptors (Lipinski definition) is 4. The number of carbonyl (C=O) groups excluding carboxylic acids is 1. The van der Waals surface area contributed by atoms with E-state index in [9.17, 15) is 4.79 Å². The van der Waals surface area contributed by atoms with Crippen molar-refractivity contribution in [3.05, 3.63) is 0 Å². The van der Waals surface area contributed by atoms with Gasteiger partial charge in [0.1, 0.15) is 11.3 Å². The summed E-state index contributed by atoms with van der Waals surface area (Å²) in [7, 11) is 0. The fraction of sp³-hybridized carbons (Fsp3) is 0.833. The third kappa shape index (κ3) is 2.89. The van der Waals surface area contributed by atoms with Crippen LogP contribution in [0.1, 0.15) is 41.5 Å². The van der Waals surface area contributed by atoms with Crippen molar-refractivity contribution in [2.24, 2.45) is 0 Å². The Kier molecular flexibility index (Phi) is 3.40. The lowest BCUT2D eigenvalue weighted by atomic mass is 10.1. The lowest BCUT2D eigenvalue weighted by molar-refractivity contribution is -0.0751. The van der Waals surface area contributed by atoms with E-state index in [2.05, 4.69) is 6.07 Å². The molecule has 0 bridgehead atoms. The van der Waals surface area contributed by atoms with E-state index in [0.29, 0.717) is 0 Å². The van der Waals surface area contributed by atoms with Crippen LogP contribution in [-0.4, -0.2) is 34.5 Å². The molecule has 1 amide bonds. The van der Waals surface area contributed by atoms with Crippen LogP contribution >= 0.6 is 0 Å². The normalized spacial score (nSPS) is 27.7. The molecule has 0 N–H and O–H groups in total. The molecule has 17 heavy (non-hydrogen) atoms. The summed E-state index contributed by atoms with van der Waals surface area (Å²) in [6, 6.07) is 1.47. The Bertz CT molecular complexity index is 352. The Morgan fingerprint density at radius 2 is 2.00 bits per heavy atom. The Morgan fingerprint density at radius 3 is 2.41 bits per heavy atom. The summed E-state index contributed by atoms with van der Waals surface area (Å²) in [5, 5.41) is 9.11. The van der Waals surface area contributed by atoms with E-state index in [1.807, 2.05) is 0 Å². The van der Waals surface area contributed by atoms with Gasteiger partial charge in [-0.25, -0.2) is 4.79 Å². The number of hydrogen-bond donors (Lipinski definition) is 0. The van der Waals surface area contributed by atoms with Crippen molar-refractivity contribution in [2.75, 3.05) is 0 Å². The fourth-order valence-corrected chi connectivity index (χ4v) is 1.93. The minimum absolute atomic E-state index is 0.317. The van der Waals surface area contributed by atoms with Crippen molar-refractivity contribution in [1.29, 1.82) is 5.26 Å². The summed E-state index contributed by atoms with van der Waals surface area (Å²) in [6.07, 6.45) is -0.832. The Hall–Kier alpha value is -1.28. The number of nitriles is 1. The van der Waals surface area contributed by atoms with E-state index in [-0.39, 0.29) is 6.10 Å². The smallest absolute Gasteiger partial charge is 0.413 e. The van der Waals surface area contributed by atoms with Crippen molar-refractivity contribution >= 4 is 6.09 Å². The van der Waals surface area contributed by atoms with Crippen molar-refractivity contribution < 1.29 is 14.3 Å². The van der Waals surface area contributed by atoms with E-state index in [1.54, 1.807) is 41.5 Å². The summed E-state index contributed by atoms with van der Waals surface area (Å²) < 4.78 is 10.9. The maximum atomic E-state index is 12.1. The third-order valence-corrected chi connectivity index (χ3v) is 2.50. The van der Waals surface area contributed by atoms with Gasteiger partial charge in [-0.05, 0) is 41.5 Å². The van der Waals surface area contributed by atoms with Gasteiger partial charge in [0.25, 0.3) is 0 Å². The molecule has 1 aliphatic rings. The van der Waals surface area contributed by atoms with Crippen LogP contribution in [0.25, 0.3) is 0 Å².